The van der Waals surface area contributed by atoms with E-state index < -0.39 is 0 Å². The summed E-state index contributed by atoms with van der Waals surface area (Å²) in [5.41, 5.74) is 3.68. The lowest BCUT2D eigenvalue weighted by Crippen LogP contribution is -2.04. The highest BCUT2D eigenvalue weighted by Crippen LogP contribution is 2.25. The van der Waals surface area contributed by atoms with Gasteiger partial charge < -0.3 is 10.0 Å². The molecule has 0 fully saturated rings. The number of fused-ring (bicyclic) bond motifs is 1. The smallest absolute Gasteiger partial charge is 0.229 e. The molecule has 5 rings (SSSR count). The number of hydrogen-bond acceptors (Lipinski definition) is 7. The Kier molecular flexibility index (Phi) is 5.87. The molecule has 7 nitrogen and oxygen atoms in total. The topological polar surface area (TPSA) is 80.5 Å². The highest BCUT2D eigenvalue weighted by molar-refractivity contribution is 8.00. The van der Waals surface area contributed by atoms with Crippen molar-refractivity contribution in [2.45, 2.75) is 11.4 Å². The van der Waals surface area contributed by atoms with Crippen LogP contribution in [0.3, 0.4) is 0 Å². The Morgan fingerprint density at radius 1 is 0.938 bits per heavy atom. The van der Waals surface area contributed by atoms with Crippen LogP contribution in [0.5, 0.6) is 0 Å². The fourth-order valence-electron chi connectivity index (χ4n) is 3.11. The van der Waals surface area contributed by atoms with E-state index in [1.807, 2.05) is 71.5 Å². The molecule has 2 N–H and O–H groups in total. The van der Waals surface area contributed by atoms with Crippen LogP contribution in [-0.4, -0.2) is 24.7 Å². The summed E-state index contributed by atoms with van der Waals surface area (Å²) in [6, 6.07) is 19.6. The largest absolute Gasteiger partial charge is 0.326 e. The molecular formula is C23H18ClN7S. The number of aromatic nitrogens is 5. The minimum absolute atomic E-state index is 0.517. The number of pyridine rings is 1. The van der Waals surface area contributed by atoms with E-state index in [0.717, 1.165) is 32.9 Å². The molecule has 0 spiro atoms. The SMILES string of the molecule is Clc1cccc(NSc2ccc(Nc3ncc4cnn(Cc5cccnc5)c4n3)cc2)c1. The zero-order chi connectivity index (χ0) is 21.8. The van der Waals surface area contributed by atoms with Crippen molar-refractivity contribution in [3.63, 3.8) is 0 Å². The Labute approximate surface area is 194 Å². The second-order valence-corrected chi connectivity index (χ2v) is 8.32. The number of nitrogens with zero attached hydrogens (tertiary/aromatic N) is 5. The first-order chi connectivity index (χ1) is 15.7. The second-order valence-electron chi connectivity index (χ2n) is 7.00. The monoisotopic (exact) mass is 459 g/mol. The molecule has 0 aliphatic carbocycles. The van der Waals surface area contributed by atoms with Crippen molar-refractivity contribution in [1.82, 2.24) is 24.7 Å². The second kappa shape index (κ2) is 9.25. The fraction of sp³-hybridized carbons (Fsp3) is 0.0435. The van der Waals surface area contributed by atoms with Gasteiger partial charge >= 0.3 is 0 Å². The van der Waals surface area contributed by atoms with Gasteiger partial charge in [0.1, 0.15) is 0 Å². The van der Waals surface area contributed by atoms with E-state index in [0.29, 0.717) is 17.5 Å². The van der Waals surface area contributed by atoms with Crippen LogP contribution in [0, 0.1) is 0 Å². The third kappa shape index (κ3) is 4.82. The highest BCUT2D eigenvalue weighted by Gasteiger charge is 2.08. The highest BCUT2D eigenvalue weighted by atomic mass is 35.5. The van der Waals surface area contributed by atoms with Gasteiger partial charge in [-0.2, -0.15) is 10.1 Å². The van der Waals surface area contributed by atoms with Crippen molar-refractivity contribution in [1.29, 1.82) is 0 Å². The number of hydrogen-bond donors (Lipinski definition) is 2. The van der Waals surface area contributed by atoms with Gasteiger partial charge in [-0.25, -0.2) is 9.67 Å². The van der Waals surface area contributed by atoms with Crippen LogP contribution < -0.4 is 10.0 Å². The minimum Gasteiger partial charge on any atom is -0.326 e. The number of halogens is 1. The molecule has 0 bridgehead atoms. The van der Waals surface area contributed by atoms with E-state index in [9.17, 15) is 0 Å². The zero-order valence-electron chi connectivity index (χ0n) is 16.8. The molecule has 158 valence electrons. The molecule has 0 saturated heterocycles. The summed E-state index contributed by atoms with van der Waals surface area (Å²) in [4.78, 5) is 14.3. The van der Waals surface area contributed by atoms with Crippen LogP contribution in [0.25, 0.3) is 11.0 Å². The summed E-state index contributed by atoms with van der Waals surface area (Å²) in [6.45, 7) is 0.597. The first kappa shape index (κ1) is 20.3. The van der Waals surface area contributed by atoms with Crippen molar-refractivity contribution in [3.05, 3.63) is 96.0 Å². The lowest BCUT2D eigenvalue weighted by molar-refractivity contribution is 0.702. The van der Waals surface area contributed by atoms with Gasteiger partial charge in [0.2, 0.25) is 5.95 Å². The summed E-state index contributed by atoms with van der Waals surface area (Å²) < 4.78 is 5.13. The van der Waals surface area contributed by atoms with Crippen LogP contribution in [0.15, 0.2) is 90.3 Å². The van der Waals surface area contributed by atoms with E-state index in [-0.39, 0.29) is 0 Å². The molecule has 32 heavy (non-hydrogen) atoms. The van der Waals surface area contributed by atoms with E-state index >= 15 is 0 Å². The molecule has 2 aromatic carbocycles. The summed E-state index contributed by atoms with van der Waals surface area (Å²) in [7, 11) is 0. The van der Waals surface area contributed by atoms with Crippen molar-refractivity contribution in [2.24, 2.45) is 0 Å². The van der Waals surface area contributed by atoms with Crippen LogP contribution in [0.4, 0.5) is 17.3 Å². The standard InChI is InChI=1S/C23H18ClN7S/c24-18-4-1-5-20(11-18)30-32-21-8-6-19(7-9-21)28-23-26-13-17-14-27-31(22(17)29-23)15-16-3-2-10-25-12-16/h1-14,30H,15H2,(H,26,28,29). The van der Waals surface area contributed by atoms with Gasteiger partial charge in [0.05, 0.1) is 18.1 Å². The average Bonchev–Trinajstić information content (AvgIpc) is 3.21. The molecule has 9 heteroatoms. The maximum absolute atomic E-state index is 6.03. The van der Waals surface area contributed by atoms with Gasteiger partial charge in [0, 0.05) is 39.9 Å². The van der Waals surface area contributed by atoms with Crippen LogP contribution >= 0.6 is 23.5 Å². The first-order valence-electron chi connectivity index (χ1n) is 9.86. The lowest BCUT2D eigenvalue weighted by atomic mass is 10.3. The van der Waals surface area contributed by atoms with Gasteiger partial charge in [0.15, 0.2) is 5.65 Å². The Balaban J connectivity index is 1.27. The van der Waals surface area contributed by atoms with Crippen molar-refractivity contribution in [2.75, 3.05) is 10.0 Å². The minimum atomic E-state index is 0.517. The fourth-order valence-corrected chi connectivity index (χ4v) is 3.94. The maximum atomic E-state index is 6.03. The van der Waals surface area contributed by atoms with Crippen LogP contribution in [-0.2, 0) is 6.54 Å². The number of anilines is 3. The summed E-state index contributed by atoms with van der Waals surface area (Å²) in [6.07, 6.45) is 7.13. The van der Waals surface area contributed by atoms with E-state index in [1.54, 1.807) is 18.6 Å². The molecule has 0 atom stereocenters. The molecule has 0 aliphatic heterocycles. The Bertz CT molecular complexity index is 1340. The van der Waals surface area contributed by atoms with Gasteiger partial charge in [-0.1, -0.05) is 23.7 Å². The van der Waals surface area contributed by atoms with Gasteiger partial charge in [-0.05, 0) is 66.0 Å². The number of benzene rings is 2. The van der Waals surface area contributed by atoms with Gasteiger partial charge in [-0.15, -0.1) is 0 Å². The molecule has 0 amide bonds. The van der Waals surface area contributed by atoms with Crippen molar-refractivity contribution in [3.8, 4) is 0 Å². The number of nitrogens with one attached hydrogen (secondary N) is 2. The predicted molar refractivity (Wildman–Crippen MR) is 129 cm³/mol. The third-order valence-corrected chi connectivity index (χ3v) is 5.73. The predicted octanol–water partition coefficient (Wildman–Crippen LogP) is 5.79. The van der Waals surface area contributed by atoms with E-state index in [2.05, 4.69) is 30.1 Å². The molecular weight excluding hydrogens is 442 g/mol. The summed E-state index contributed by atoms with van der Waals surface area (Å²) in [5, 5.41) is 9.29. The summed E-state index contributed by atoms with van der Waals surface area (Å²) >= 11 is 7.54. The normalized spacial score (nSPS) is 10.9. The third-order valence-electron chi connectivity index (χ3n) is 4.65. The molecule has 0 saturated carbocycles. The lowest BCUT2D eigenvalue weighted by Gasteiger charge is -2.08. The van der Waals surface area contributed by atoms with E-state index in [4.69, 9.17) is 11.6 Å². The first-order valence-corrected chi connectivity index (χ1v) is 11.1. The molecule has 3 aromatic heterocycles. The summed E-state index contributed by atoms with van der Waals surface area (Å²) in [5.74, 6) is 0.517. The molecule has 5 aromatic rings. The Hall–Kier alpha value is -3.62. The van der Waals surface area contributed by atoms with Gasteiger partial charge in [0.25, 0.3) is 0 Å². The maximum Gasteiger partial charge on any atom is 0.229 e. The molecule has 0 unspecified atom stereocenters. The van der Waals surface area contributed by atoms with Crippen molar-refractivity contribution >= 4 is 51.9 Å². The Morgan fingerprint density at radius 2 is 1.84 bits per heavy atom. The molecule has 3 heterocycles. The molecule has 0 radical (unpaired) electrons. The van der Waals surface area contributed by atoms with Crippen LogP contribution in [0.2, 0.25) is 5.02 Å². The quantitative estimate of drug-likeness (QED) is 0.298. The van der Waals surface area contributed by atoms with Crippen molar-refractivity contribution < 1.29 is 0 Å². The molecule has 0 aliphatic rings. The average molecular weight is 460 g/mol. The zero-order valence-corrected chi connectivity index (χ0v) is 18.4. The van der Waals surface area contributed by atoms with E-state index in [1.165, 1.54) is 11.9 Å². The number of rotatable bonds is 7. The van der Waals surface area contributed by atoms with Crippen LogP contribution in [0.1, 0.15) is 5.56 Å². The van der Waals surface area contributed by atoms with Gasteiger partial charge in [-0.3, -0.25) is 4.98 Å². The Morgan fingerprint density at radius 3 is 2.66 bits per heavy atom.